The fraction of sp³-hybridized carbons (Fsp3) is 1.00. The number of hydrogen-bond donors (Lipinski definition) is 2. The molecular formula is C14H28N2O. The van der Waals surface area contributed by atoms with Gasteiger partial charge in [-0.2, -0.15) is 0 Å². The maximum atomic E-state index is 11.1. The second kappa shape index (κ2) is 4.87. The van der Waals surface area contributed by atoms with Gasteiger partial charge in [0.15, 0.2) is 0 Å². The van der Waals surface area contributed by atoms with Crippen molar-refractivity contribution in [3.05, 3.63) is 0 Å². The molecule has 3 nitrogen and oxygen atoms in total. The Morgan fingerprint density at radius 2 is 2.06 bits per heavy atom. The molecule has 0 amide bonds. The van der Waals surface area contributed by atoms with Gasteiger partial charge in [0, 0.05) is 18.5 Å². The molecule has 3 N–H and O–H groups in total. The van der Waals surface area contributed by atoms with Gasteiger partial charge in [0.1, 0.15) is 0 Å². The Hall–Kier alpha value is -0.120. The van der Waals surface area contributed by atoms with Crippen LogP contribution in [0.3, 0.4) is 0 Å². The highest BCUT2D eigenvalue weighted by molar-refractivity contribution is 5.04. The highest BCUT2D eigenvalue weighted by atomic mass is 16.3. The fourth-order valence-electron chi connectivity index (χ4n) is 3.98. The summed E-state index contributed by atoms with van der Waals surface area (Å²) in [7, 11) is 2.15. The van der Waals surface area contributed by atoms with Gasteiger partial charge in [-0.1, -0.05) is 13.3 Å². The largest absolute Gasteiger partial charge is 0.389 e. The normalized spacial score (nSPS) is 44.8. The van der Waals surface area contributed by atoms with E-state index in [-0.39, 0.29) is 5.41 Å². The van der Waals surface area contributed by atoms with Gasteiger partial charge >= 0.3 is 0 Å². The molecule has 1 aliphatic heterocycles. The van der Waals surface area contributed by atoms with Gasteiger partial charge in [-0.25, -0.2) is 0 Å². The van der Waals surface area contributed by atoms with Gasteiger partial charge in [-0.3, -0.25) is 0 Å². The average Bonchev–Trinajstić information content (AvgIpc) is 2.61. The van der Waals surface area contributed by atoms with Crippen molar-refractivity contribution in [1.82, 2.24) is 4.90 Å². The van der Waals surface area contributed by atoms with Crippen molar-refractivity contribution in [2.75, 3.05) is 26.7 Å². The quantitative estimate of drug-likeness (QED) is 0.771. The molecule has 1 saturated carbocycles. The zero-order valence-electron chi connectivity index (χ0n) is 11.4. The highest BCUT2D eigenvalue weighted by Gasteiger charge is 2.52. The minimum absolute atomic E-state index is 0.00238. The Morgan fingerprint density at radius 3 is 2.65 bits per heavy atom. The average molecular weight is 240 g/mol. The maximum Gasteiger partial charge on any atom is 0.0728 e. The van der Waals surface area contributed by atoms with E-state index in [0.717, 1.165) is 51.1 Å². The molecule has 0 spiro atoms. The van der Waals surface area contributed by atoms with Crippen LogP contribution < -0.4 is 5.73 Å². The van der Waals surface area contributed by atoms with Crippen molar-refractivity contribution in [2.24, 2.45) is 17.1 Å². The van der Waals surface area contributed by atoms with Gasteiger partial charge in [0.05, 0.1) is 5.60 Å². The monoisotopic (exact) mass is 240 g/mol. The molecule has 2 aliphatic rings. The lowest BCUT2D eigenvalue weighted by molar-refractivity contribution is -0.0896. The molecule has 2 rings (SSSR count). The molecule has 100 valence electrons. The first-order chi connectivity index (χ1) is 8.01. The zero-order valence-corrected chi connectivity index (χ0v) is 11.4. The lowest BCUT2D eigenvalue weighted by Gasteiger charge is -2.44. The van der Waals surface area contributed by atoms with Crippen LogP contribution in [0.4, 0.5) is 0 Å². The van der Waals surface area contributed by atoms with Crippen LogP contribution in [0.1, 0.15) is 45.4 Å². The zero-order chi connectivity index (χ0) is 12.5. The van der Waals surface area contributed by atoms with Crippen LogP contribution in [-0.2, 0) is 0 Å². The number of nitrogens with zero attached hydrogens (tertiary/aromatic N) is 1. The van der Waals surface area contributed by atoms with E-state index in [2.05, 4.69) is 18.9 Å². The molecule has 1 saturated heterocycles. The Labute approximate surface area is 105 Å². The third-order valence-electron chi connectivity index (χ3n) is 5.27. The third-order valence-corrected chi connectivity index (χ3v) is 5.27. The van der Waals surface area contributed by atoms with Gasteiger partial charge in [0.2, 0.25) is 0 Å². The number of hydrogen-bond acceptors (Lipinski definition) is 3. The summed E-state index contributed by atoms with van der Waals surface area (Å²) in [6.07, 6.45) is 6.39. The molecule has 0 aromatic heterocycles. The van der Waals surface area contributed by atoms with Crippen molar-refractivity contribution in [3.63, 3.8) is 0 Å². The summed E-state index contributed by atoms with van der Waals surface area (Å²) in [6.45, 7) is 5.06. The summed E-state index contributed by atoms with van der Waals surface area (Å²) in [5.41, 5.74) is 5.54. The van der Waals surface area contributed by atoms with E-state index in [1.165, 1.54) is 6.42 Å². The van der Waals surface area contributed by atoms with Gasteiger partial charge in [0.25, 0.3) is 0 Å². The summed E-state index contributed by atoms with van der Waals surface area (Å²) in [6, 6.07) is 0. The van der Waals surface area contributed by atoms with Gasteiger partial charge in [-0.05, 0) is 51.6 Å². The van der Waals surface area contributed by atoms with Crippen LogP contribution in [-0.4, -0.2) is 42.3 Å². The van der Waals surface area contributed by atoms with Crippen LogP contribution in [0.5, 0.6) is 0 Å². The summed E-state index contributed by atoms with van der Waals surface area (Å²) in [5.74, 6) is 0.726. The topological polar surface area (TPSA) is 49.5 Å². The van der Waals surface area contributed by atoms with E-state index >= 15 is 0 Å². The van der Waals surface area contributed by atoms with Crippen LogP contribution in [0.2, 0.25) is 0 Å². The first-order valence-corrected chi connectivity index (χ1v) is 7.12. The van der Waals surface area contributed by atoms with E-state index < -0.39 is 5.60 Å². The lowest BCUT2D eigenvalue weighted by atomic mass is 9.66. The highest BCUT2D eigenvalue weighted by Crippen LogP contribution is 2.51. The molecule has 0 radical (unpaired) electrons. The number of rotatable bonds is 2. The Bertz CT molecular complexity index is 271. The molecule has 0 aromatic carbocycles. The third kappa shape index (κ3) is 2.38. The Morgan fingerprint density at radius 1 is 1.29 bits per heavy atom. The number of aliphatic hydroxyl groups is 1. The second-order valence-electron chi connectivity index (χ2n) is 6.52. The van der Waals surface area contributed by atoms with Crippen molar-refractivity contribution in [2.45, 2.75) is 51.0 Å². The van der Waals surface area contributed by atoms with Crippen LogP contribution in [0, 0.1) is 11.3 Å². The van der Waals surface area contributed by atoms with Crippen LogP contribution in [0.15, 0.2) is 0 Å². The molecule has 0 bridgehead atoms. The molecule has 17 heavy (non-hydrogen) atoms. The summed E-state index contributed by atoms with van der Waals surface area (Å²) >= 11 is 0. The Kier molecular flexibility index (Phi) is 3.81. The summed E-state index contributed by atoms with van der Waals surface area (Å²) < 4.78 is 0. The predicted molar refractivity (Wildman–Crippen MR) is 70.8 cm³/mol. The standard InChI is InChI=1S/C14H28N2O/c1-12-4-6-13(10-12,11-15)14(17)5-3-8-16(2)9-7-14/h12,17H,3-11,15H2,1-2H3. The molecule has 1 aliphatic carbocycles. The van der Waals surface area contributed by atoms with Gasteiger partial charge in [-0.15, -0.1) is 0 Å². The summed E-state index contributed by atoms with van der Waals surface area (Å²) in [5, 5.41) is 11.1. The minimum Gasteiger partial charge on any atom is -0.389 e. The molecular weight excluding hydrogens is 212 g/mol. The first kappa shape index (κ1) is 13.3. The first-order valence-electron chi connectivity index (χ1n) is 7.12. The minimum atomic E-state index is -0.517. The summed E-state index contributed by atoms with van der Waals surface area (Å²) in [4.78, 5) is 2.33. The molecule has 3 unspecified atom stereocenters. The lowest BCUT2D eigenvalue weighted by Crippen LogP contribution is -2.51. The van der Waals surface area contributed by atoms with E-state index in [9.17, 15) is 5.11 Å². The molecule has 2 fully saturated rings. The van der Waals surface area contributed by atoms with Crippen molar-refractivity contribution in [3.8, 4) is 0 Å². The van der Waals surface area contributed by atoms with Gasteiger partial charge < -0.3 is 15.7 Å². The SMILES string of the molecule is CC1CCC(CN)(C2(O)CCCN(C)CC2)C1. The van der Waals surface area contributed by atoms with Crippen LogP contribution in [0.25, 0.3) is 0 Å². The fourth-order valence-corrected chi connectivity index (χ4v) is 3.98. The van der Waals surface area contributed by atoms with E-state index in [1.54, 1.807) is 0 Å². The van der Waals surface area contributed by atoms with Crippen molar-refractivity contribution < 1.29 is 5.11 Å². The second-order valence-corrected chi connectivity index (χ2v) is 6.52. The predicted octanol–water partition coefficient (Wildman–Crippen LogP) is 1.60. The smallest absolute Gasteiger partial charge is 0.0728 e. The Balaban J connectivity index is 2.17. The number of likely N-dealkylation sites (tertiary alicyclic amines) is 1. The molecule has 1 heterocycles. The molecule has 3 atom stereocenters. The van der Waals surface area contributed by atoms with Crippen molar-refractivity contribution in [1.29, 1.82) is 0 Å². The van der Waals surface area contributed by atoms with E-state index in [0.29, 0.717) is 6.54 Å². The molecule has 3 heteroatoms. The van der Waals surface area contributed by atoms with E-state index in [1.807, 2.05) is 0 Å². The van der Waals surface area contributed by atoms with Crippen molar-refractivity contribution >= 4 is 0 Å². The van der Waals surface area contributed by atoms with E-state index in [4.69, 9.17) is 5.73 Å². The molecule has 0 aromatic rings. The number of nitrogens with two attached hydrogens (primary N) is 1. The maximum absolute atomic E-state index is 11.1. The van der Waals surface area contributed by atoms with Crippen LogP contribution >= 0.6 is 0 Å².